The first-order valence-electron chi connectivity index (χ1n) is 13.1. The van der Waals surface area contributed by atoms with Gasteiger partial charge in [-0.05, 0) is 98.1 Å². The second-order valence-electron chi connectivity index (χ2n) is 9.41. The van der Waals surface area contributed by atoms with Crippen molar-refractivity contribution < 1.29 is 9.59 Å². The summed E-state index contributed by atoms with van der Waals surface area (Å²) in [4.78, 5) is 29.1. The van der Waals surface area contributed by atoms with E-state index in [0.29, 0.717) is 6.42 Å². The molecule has 0 fully saturated rings. The van der Waals surface area contributed by atoms with Crippen LogP contribution in [0.4, 0.5) is 0 Å². The highest BCUT2D eigenvalue weighted by Crippen LogP contribution is 2.39. The maximum Gasteiger partial charge on any atom is 0.152 e. The maximum atomic E-state index is 10.6. The number of hydrogen-bond donors (Lipinski definition) is 0. The van der Waals surface area contributed by atoms with Crippen molar-refractivity contribution in [2.75, 3.05) is 0 Å². The summed E-state index contributed by atoms with van der Waals surface area (Å²) in [6, 6.07) is 18.4. The van der Waals surface area contributed by atoms with Gasteiger partial charge < -0.3 is 0 Å². The second kappa shape index (κ2) is 16.2. The average molecular weight is 497 g/mol. The molecule has 194 valence electrons. The van der Waals surface area contributed by atoms with Gasteiger partial charge in [-0.1, -0.05) is 62.7 Å². The minimum atomic E-state index is 0.0515. The summed E-state index contributed by atoms with van der Waals surface area (Å²) in [5, 5.41) is 0. The van der Waals surface area contributed by atoms with Crippen LogP contribution in [0.1, 0.15) is 69.3 Å². The van der Waals surface area contributed by atoms with Crippen LogP contribution < -0.4 is 0 Å². The van der Waals surface area contributed by atoms with Crippen molar-refractivity contribution in [2.24, 2.45) is 11.8 Å². The zero-order chi connectivity index (χ0) is 27.0. The van der Waals surface area contributed by atoms with Crippen molar-refractivity contribution in [1.29, 1.82) is 0 Å². The van der Waals surface area contributed by atoms with Gasteiger partial charge in [0.2, 0.25) is 0 Å². The number of rotatable bonds is 7. The van der Waals surface area contributed by atoms with Crippen LogP contribution in [0.3, 0.4) is 0 Å². The number of Topliss-reactive ketones (excluding diaryl/α,β-unsaturated/α-hetero) is 1. The minimum absolute atomic E-state index is 0.0515. The summed E-state index contributed by atoms with van der Waals surface area (Å²) < 4.78 is 0. The fourth-order valence-corrected chi connectivity index (χ4v) is 4.24. The molecular weight excluding hydrogens is 456 g/mol. The molecule has 4 rings (SSSR count). The molecule has 1 aliphatic carbocycles. The molecule has 4 heteroatoms. The molecule has 2 atom stereocenters. The molecule has 0 saturated heterocycles. The lowest BCUT2D eigenvalue weighted by molar-refractivity contribution is -0.116. The van der Waals surface area contributed by atoms with Crippen molar-refractivity contribution in [3.05, 3.63) is 108 Å². The van der Waals surface area contributed by atoms with Crippen LogP contribution >= 0.6 is 0 Å². The highest BCUT2D eigenvalue weighted by Gasteiger charge is 2.24. The highest BCUT2D eigenvalue weighted by molar-refractivity contribution is 5.91. The van der Waals surface area contributed by atoms with E-state index in [1.807, 2.05) is 31.2 Å². The third-order valence-electron chi connectivity index (χ3n) is 6.29. The number of nitrogens with zero attached hydrogens (tertiary/aromatic N) is 2. The molecule has 0 amide bonds. The van der Waals surface area contributed by atoms with Gasteiger partial charge in [0.15, 0.2) is 5.78 Å². The number of ketones is 2. The quantitative estimate of drug-likeness (QED) is 0.314. The van der Waals surface area contributed by atoms with Gasteiger partial charge in [-0.3, -0.25) is 19.6 Å². The Hall–Kier alpha value is -3.66. The van der Waals surface area contributed by atoms with E-state index in [1.54, 1.807) is 37.2 Å². The number of hydrogen-bond acceptors (Lipinski definition) is 4. The Kier molecular flexibility index (Phi) is 12.9. The van der Waals surface area contributed by atoms with E-state index in [2.05, 4.69) is 60.2 Å². The molecule has 0 N–H and O–H groups in total. The SMILES string of the molecule is CC(=O)/C=C/c1ccc(C)nc1.CC(=O)Cc1ccncc1.CCC1C=C(c2ccccc2)CC1CC. The van der Waals surface area contributed by atoms with Crippen molar-refractivity contribution in [3.63, 3.8) is 0 Å². The predicted octanol–water partition coefficient (Wildman–Crippen LogP) is 7.73. The number of carbonyl (C=O) groups is 2. The lowest BCUT2D eigenvalue weighted by Gasteiger charge is -2.14. The molecule has 2 heterocycles. The number of pyridine rings is 2. The molecule has 1 aliphatic rings. The van der Waals surface area contributed by atoms with Gasteiger partial charge >= 0.3 is 0 Å². The first-order chi connectivity index (χ1) is 17.8. The Labute approximate surface area is 222 Å². The molecule has 37 heavy (non-hydrogen) atoms. The molecule has 0 radical (unpaired) electrons. The van der Waals surface area contributed by atoms with Crippen LogP contribution in [-0.4, -0.2) is 21.5 Å². The fraction of sp³-hybridized carbons (Fsp3) is 0.333. The van der Waals surface area contributed by atoms with E-state index in [0.717, 1.165) is 28.7 Å². The molecule has 0 aliphatic heterocycles. The van der Waals surface area contributed by atoms with Crippen LogP contribution in [0.5, 0.6) is 0 Å². The third-order valence-corrected chi connectivity index (χ3v) is 6.29. The Morgan fingerprint density at radius 2 is 1.65 bits per heavy atom. The first kappa shape index (κ1) is 29.6. The number of carbonyl (C=O) groups excluding carboxylic acids is 2. The third kappa shape index (κ3) is 11.3. The van der Waals surface area contributed by atoms with Gasteiger partial charge in [0.1, 0.15) is 5.78 Å². The summed E-state index contributed by atoms with van der Waals surface area (Å²) in [5.41, 5.74) is 5.95. The Bertz CT molecular complexity index is 1150. The van der Waals surface area contributed by atoms with E-state index in [4.69, 9.17) is 0 Å². The minimum Gasteiger partial charge on any atom is -0.300 e. The molecule has 0 saturated carbocycles. The van der Waals surface area contributed by atoms with Crippen molar-refractivity contribution in [1.82, 2.24) is 9.97 Å². The van der Waals surface area contributed by atoms with Crippen molar-refractivity contribution in [2.45, 2.75) is 60.3 Å². The lowest BCUT2D eigenvalue weighted by atomic mass is 9.90. The first-order valence-corrected chi connectivity index (χ1v) is 13.1. The van der Waals surface area contributed by atoms with E-state index in [-0.39, 0.29) is 11.6 Å². The number of allylic oxidation sites excluding steroid dienone is 3. The lowest BCUT2D eigenvalue weighted by Crippen LogP contribution is -2.04. The number of aryl methyl sites for hydroxylation is 1. The molecule has 4 nitrogen and oxygen atoms in total. The largest absolute Gasteiger partial charge is 0.300 e. The van der Waals surface area contributed by atoms with Crippen LogP contribution in [0, 0.1) is 18.8 Å². The fourth-order valence-electron chi connectivity index (χ4n) is 4.24. The van der Waals surface area contributed by atoms with Crippen LogP contribution in [0.15, 0.2) is 85.3 Å². The van der Waals surface area contributed by atoms with Gasteiger partial charge in [-0.25, -0.2) is 0 Å². The van der Waals surface area contributed by atoms with E-state index < -0.39 is 0 Å². The molecule has 2 aromatic heterocycles. The second-order valence-corrected chi connectivity index (χ2v) is 9.41. The predicted molar refractivity (Wildman–Crippen MR) is 154 cm³/mol. The van der Waals surface area contributed by atoms with Gasteiger partial charge in [0, 0.05) is 30.7 Å². The number of aromatic nitrogens is 2. The van der Waals surface area contributed by atoms with Crippen molar-refractivity contribution >= 4 is 23.2 Å². The standard InChI is InChI=1S/C15H20.C10H11NO.C8H9NO/c1-3-12-10-15(11-13(12)4-2)14-8-6-5-7-9-14;1-8-3-5-10(7-11-8)6-4-9(2)12;1-7(10)6-8-2-4-9-5-3-8/h5-10,12-13H,3-4,11H2,1-2H3;3-7H,1-2H3;2-5H,6H2,1H3/b;6-4+;. The number of benzene rings is 1. The molecule has 3 aromatic rings. The Morgan fingerprint density at radius 1 is 0.946 bits per heavy atom. The summed E-state index contributed by atoms with van der Waals surface area (Å²) in [7, 11) is 0. The van der Waals surface area contributed by atoms with Gasteiger partial charge in [-0.2, -0.15) is 0 Å². The van der Waals surface area contributed by atoms with Crippen LogP contribution in [0.25, 0.3) is 11.6 Å². The zero-order valence-corrected chi connectivity index (χ0v) is 22.9. The Balaban J connectivity index is 0.000000200. The summed E-state index contributed by atoms with van der Waals surface area (Å²) >= 11 is 0. The summed E-state index contributed by atoms with van der Waals surface area (Å²) in [5.74, 6) is 1.93. The Morgan fingerprint density at radius 3 is 2.16 bits per heavy atom. The smallest absolute Gasteiger partial charge is 0.152 e. The monoisotopic (exact) mass is 496 g/mol. The average Bonchev–Trinajstić information content (AvgIpc) is 3.34. The maximum absolute atomic E-state index is 10.6. The van der Waals surface area contributed by atoms with E-state index in [1.165, 1.54) is 37.8 Å². The van der Waals surface area contributed by atoms with Crippen molar-refractivity contribution in [3.8, 4) is 0 Å². The molecule has 0 bridgehead atoms. The summed E-state index contributed by atoms with van der Waals surface area (Å²) in [6.07, 6.45) is 15.3. The van der Waals surface area contributed by atoms with Crippen LogP contribution in [-0.2, 0) is 16.0 Å². The van der Waals surface area contributed by atoms with E-state index in [9.17, 15) is 9.59 Å². The normalized spacial score (nSPS) is 16.2. The van der Waals surface area contributed by atoms with Crippen LogP contribution in [0.2, 0.25) is 0 Å². The summed E-state index contributed by atoms with van der Waals surface area (Å²) in [6.45, 7) is 9.66. The topological polar surface area (TPSA) is 59.9 Å². The van der Waals surface area contributed by atoms with Gasteiger partial charge in [0.25, 0.3) is 0 Å². The van der Waals surface area contributed by atoms with Gasteiger partial charge in [0.05, 0.1) is 0 Å². The van der Waals surface area contributed by atoms with Gasteiger partial charge in [-0.15, -0.1) is 0 Å². The zero-order valence-electron chi connectivity index (χ0n) is 22.9. The van der Waals surface area contributed by atoms with E-state index >= 15 is 0 Å². The molecular formula is C33H40N2O2. The molecule has 2 unspecified atom stereocenters. The highest BCUT2D eigenvalue weighted by atomic mass is 16.1. The molecule has 1 aromatic carbocycles. The molecule has 0 spiro atoms.